The Hall–Kier alpha value is -2.07. The average Bonchev–Trinajstić information content (AvgIpc) is 3.48. The number of hydrogen-bond donors (Lipinski definition) is 0. The quantitative estimate of drug-likeness (QED) is 0.684. The summed E-state index contributed by atoms with van der Waals surface area (Å²) in [6.07, 6.45) is 0.757. The number of likely N-dealkylation sites (N-methyl/N-ethyl adjacent to an activating group) is 1. The van der Waals surface area contributed by atoms with Crippen molar-refractivity contribution in [2.75, 3.05) is 53.4 Å². The molecule has 0 N–H and O–H groups in total. The molecule has 4 heterocycles. The Morgan fingerprint density at radius 2 is 1.70 bits per heavy atom. The van der Waals surface area contributed by atoms with Gasteiger partial charge in [-0.1, -0.05) is 12.1 Å². The highest BCUT2D eigenvalue weighted by atomic mass is 32.1. The standard InChI is InChI=1S/C21H27N5O2S2/c1-23(2)20(27)14-24-7-9-25(10-8-24)15-21(28)26-17(19-6-4-12-30-19)13-16(22-26)18-5-3-11-29-18/h3-6,11-12,17H,7-10,13-15H2,1-2H3/t17-/m1/s1. The van der Waals surface area contributed by atoms with E-state index in [0.29, 0.717) is 13.1 Å². The van der Waals surface area contributed by atoms with Gasteiger partial charge in [-0.25, -0.2) is 5.01 Å². The molecule has 0 unspecified atom stereocenters. The minimum absolute atomic E-state index is 0.0198. The predicted molar refractivity (Wildman–Crippen MR) is 121 cm³/mol. The zero-order chi connectivity index (χ0) is 21.1. The van der Waals surface area contributed by atoms with E-state index in [4.69, 9.17) is 5.10 Å². The highest BCUT2D eigenvalue weighted by Crippen LogP contribution is 2.36. The Bertz CT molecular complexity index is 887. The fourth-order valence-electron chi connectivity index (χ4n) is 3.74. The van der Waals surface area contributed by atoms with Crippen LogP contribution in [0.3, 0.4) is 0 Å². The molecule has 7 nitrogen and oxygen atoms in total. The molecule has 2 aromatic heterocycles. The molecular weight excluding hydrogens is 418 g/mol. The number of nitrogens with zero attached hydrogens (tertiary/aromatic N) is 5. The Morgan fingerprint density at radius 1 is 1.03 bits per heavy atom. The van der Waals surface area contributed by atoms with E-state index >= 15 is 0 Å². The lowest BCUT2D eigenvalue weighted by atomic mass is 10.1. The van der Waals surface area contributed by atoms with Gasteiger partial charge in [0.15, 0.2) is 0 Å². The Labute approximate surface area is 185 Å². The number of carbonyl (C=O) groups is 2. The third-order valence-electron chi connectivity index (χ3n) is 5.52. The summed E-state index contributed by atoms with van der Waals surface area (Å²) < 4.78 is 0. The largest absolute Gasteiger partial charge is 0.348 e. The zero-order valence-corrected chi connectivity index (χ0v) is 19.0. The van der Waals surface area contributed by atoms with E-state index in [0.717, 1.165) is 43.2 Å². The molecule has 2 aromatic rings. The van der Waals surface area contributed by atoms with Crippen LogP contribution in [-0.2, 0) is 9.59 Å². The summed E-state index contributed by atoms with van der Waals surface area (Å²) >= 11 is 3.34. The van der Waals surface area contributed by atoms with Gasteiger partial charge >= 0.3 is 0 Å². The molecular formula is C21H27N5O2S2. The van der Waals surface area contributed by atoms with E-state index in [1.54, 1.807) is 46.7 Å². The molecule has 160 valence electrons. The summed E-state index contributed by atoms with van der Waals surface area (Å²) in [7, 11) is 3.56. The molecule has 2 aliphatic rings. The van der Waals surface area contributed by atoms with Crippen molar-refractivity contribution in [3.63, 3.8) is 0 Å². The first-order valence-corrected chi connectivity index (χ1v) is 11.9. The maximum atomic E-state index is 13.2. The Balaban J connectivity index is 1.38. The van der Waals surface area contributed by atoms with E-state index in [-0.39, 0.29) is 17.9 Å². The number of thiophene rings is 2. The summed E-state index contributed by atoms with van der Waals surface area (Å²) in [6.45, 7) is 3.96. The summed E-state index contributed by atoms with van der Waals surface area (Å²) in [5.41, 5.74) is 0.990. The SMILES string of the molecule is CN(C)C(=O)CN1CCN(CC(=O)N2N=C(c3cccs3)C[C@@H]2c2cccs2)CC1. The van der Waals surface area contributed by atoms with E-state index < -0.39 is 0 Å². The third kappa shape index (κ3) is 4.80. The van der Waals surface area contributed by atoms with Crippen molar-refractivity contribution in [2.24, 2.45) is 5.10 Å². The van der Waals surface area contributed by atoms with Crippen LogP contribution in [0.2, 0.25) is 0 Å². The monoisotopic (exact) mass is 445 g/mol. The summed E-state index contributed by atoms with van der Waals surface area (Å²) in [4.78, 5) is 33.4. The van der Waals surface area contributed by atoms with E-state index in [1.165, 1.54) is 4.88 Å². The summed E-state index contributed by atoms with van der Waals surface area (Å²) in [5, 5.41) is 10.5. The summed E-state index contributed by atoms with van der Waals surface area (Å²) in [5.74, 6) is 0.156. The highest BCUT2D eigenvalue weighted by Gasteiger charge is 2.35. The van der Waals surface area contributed by atoms with Gasteiger partial charge < -0.3 is 4.90 Å². The number of piperazine rings is 1. The molecule has 4 rings (SSSR count). The molecule has 9 heteroatoms. The van der Waals surface area contributed by atoms with Crippen LogP contribution in [0.4, 0.5) is 0 Å². The predicted octanol–water partition coefficient (Wildman–Crippen LogP) is 2.19. The summed E-state index contributed by atoms with van der Waals surface area (Å²) in [6, 6.07) is 8.18. The van der Waals surface area contributed by atoms with Crippen LogP contribution in [-0.4, -0.2) is 90.6 Å². The lowest BCUT2D eigenvalue weighted by Gasteiger charge is -2.35. The number of carbonyl (C=O) groups excluding carboxylic acids is 2. The van der Waals surface area contributed by atoms with Crippen molar-refractivity contribution in [3.8, 4) is 0 Å². The number of amides is 2. The van der Waals surface area contributed by atoms with Crippen LogP contribution in [0.15, 0.2) is 40.1 Å². The molecule has 0 aliphatic carbocycles. The van der Waals surface area contributed by atoms with Gasteiger partial charge in [-0.15, -0.1) is 22.7 Å². The van der Waals surface area contributed by atoms with Gasteiger partial charge in [0.1, 0.15) is 0 Å². The Morgan fingerprint density at radius 3 is 2.30 bits per heavy atom. The van der Waals surface area contributed by atoms with Crippen molar-refractivity contribution < 1.29 is 9.59 Å². The van der Waals surface area contributed by atoms with Gasteiger partial charge in [0.2, 0.25) is 5.91 Å². The van der Waals surface area contributed by atoms with Crippen molar-refractivity contribution >= 4 is 40.2 Å². The second-order valence-electron chi connectivity index (χ2n) is 7.84. The van der Waals surface area contributed by atoms with Crippen molar-refractivity contribution in [2.45, 2.75) is 12.5 Å². The van der Waals surface area contributed by atoms with Crippen LogP contribution in [0, 0.1) is 0 Å². The van der Waals surface area contributed by atoms with Crippen molar-refractivity contribution in [1.29, 1.82) is 0 Å². The fourth-order valence-corrected chi connectivity index (χ4v) is 5.27. The average molecular weight is 446 g/mol. The molecule has 0 spiro atoms. The van der Waals surface area contributed by atoms with E-state index in [9.17, 15) is 9.59 Å². The fraction of sp³-hybridized carbons (Fsp3) is 0.476. The molecule has 1 atom stereocenters. The molecule has 2 aliphatic heterocycles. The van der Waals surface area contributed by atoms with Gasteiger partial charge in [-0.2, -0.15) is 5.10 Å². The van der Waals surface area contributed by atoms with Crippen LogP contribution in [0.25, 0.3) is 0 Å². The van der Waals surface area contributed by atoms with Gasteiger partial charge in [0, 0.05) is 51.6 Å². The van der Waals surface area contributed by atoms with Crippen LogP contribution < -0.4 is 0 Å². The second-order valence-corrected chi connectivity index (χ2v) is 9.77. The smallest absolute Gasteiger partial charge is 0.257 e. The topological polar surface area (TPSA) is 59.5 Å². The zero-order valence-electron chi connectivity index (χ0n) is 17.4. The molecule has 1 fully saturated rings. The lowest BCUT2D eigenvalue weighted by Crippen LogP contribution is -2.51. The molecule has 2 amide bonds. The third-order valence-corrected chi connectivity index (χ3v) is 7.42. The molecule has 30 heavy (non-hydrogen) atoms. The van der Waals surface area contributed by atoms with Crippen LogP contribution in [0.5, 0.6) is 0 Å². The van der Waals surface area contributed by atoms with Crippen LogP contribution >= 0.6 is 22.7 Å². The molecule has 0 radical (unpaired) electrons. The van der Waals surface area contributed by atoms with Gasteiger partial charge in [0.05, 0.1) is 29.7 Å². The normalized spacial score (nSPS) is 20.4. The second kappa shape index (κ2) is 9.38. The Kier molecular flexibility index (Phi) is 6.62. The maximum absolute atomic E-state index is 13.2. The van der Waals surface area contributed by atoms with Gasteiger partial charge in [-0.05, 0) is 22.9 Å². The number of hydrogen-bond acceptors (Lipinski definition) is 7. The molecule has 0 aromatic carbocycles. The van der Waals surface area contributed by atoms with Gasteiger partial charge in [-0.3, -0.25) is 19.4 Å². The molecule has 0 saturated carbocycles. The maximum Gasteiger partial charge on any atom is 0.257 e. The van der Waals surface area contributed by atoms with Crippen LogP contribution in [0.1, 0.15) is 22.2 Å². The minimum atomic E-state index is -0.0198. The van der Waals surface area contributed by atoms with Gasteiger partial charge in [0.25, 0.3) is 5.91 Å². The lowest BCUT2D eigenvalue weighted by molar-refractivity contribution is -0.135. The highest BCUT2D eigenvalue weighted by molar-refractivity contribution is 7.12. The number of hydrazone groups is 1. The first kappa shape index (κ1) is 21.2. The first-order valence-electron chi connectivity index (χ1n) is 10.1. The minimum Gasteiger partial charge on any atom is -0.348 e. The molecule has 0 bridgehead atoms. The first-order chi connectivity index (χ1) is 14.5. The molecule has 1 saturated heterocycles. The van der Waals surface area contributed by atoms with E-state index in [2.05, 4.69) is 27.3 Å². The van der Waals surface area contributed by atoms with Crippen molar-refractivity contribution in [1.82, 2.24) is 19.7 Å². The van der Waals surface area contributed by atoms with Crippen molar-refractivity contribution in [3.05, 3.63) is 44.8 Å². The van der Waals surface area contributed by atoms with E-state index in [1.807, 2.05) is 17.5 Å². The number of rotatable bonds is 6.